The Kier molecular flexibility index (Phi) is 4.40. The molecule has 1 saturated heterocycles. The molecule has 2 atom stereocenters. The van der Waals surface area contributed by atoms with Gasteiger partial charge in [-0.05, 0) is 62.0 Å². The number of hydrogen-bond acceptors (Lipinski definition) is 3. The first kappa shape index (κ1) is 12.4. The van der Waals surface area contributed by atoms with Crippen LogP contribution in [0.4, 0.5) is 0 Å². The third-order valence-corrected chi connectivity index (χ3v) is 3.72. The molecule has 1 heterocycles. The van der Waals surface area contributed by atoms with E-state index in [2.05, 4.69) is 23.5 Å². The van der Waals surface area contributed by atoms with E-state index in [9.17, 15) is 0 Å². The zero-order valence-electron chi connectivity index (χ0n) is 10.5. The quantitative estimate of drug-likeness (QED) is 0.837. The first-order valence-corrected chi connectivity index (χ1v) is 6.40. The minimum Gasteiger partial charge on any atom is -0.497 e. The standard InChI is InChI=1S/C14H22N2O/c1-17-13-4-2-3-11(9-13)14-6-8-16-7-5-12(14)10-15/h2-4,9,12,14,16H,5-8,10,15H2,1H3. The average Bonchev–Trinajstić information content (AvgIpc) is 2.63. The average molecular weight is 234 g/mol. The first-order chi connectivity index (χ1) is 8.35. The van der Waals surface area contributed by atoms with Gasteiger partial charge in [0.2, 0.25) is 0 Å². The van der Waals surface area contributed by atoms with Gasteiger partial charge in [-0.25, -0.2) is 0 Å². The molecule has 3 N–H and O–H groups in total. The van der Waals surface area contributed by atoms with E-state index in [-0.39, 0.29) is 0 Å². The molecule has 1 aromatic rings. The fraction of sp³-hybridized carbons (Fsp3) is 0.571. The van der Waals surface area contributed by atoms with Crippen LogP contribution in [0.2, 0.25) is 0 Å². The Morgan fingerprint density at radius 3 is 2.94 bits per heavy atom. The smallest absolute Gasteiger partial charge is 0.119 e. The molecule has 1 fully saturated rings. The Morgan fingerprint density at radius 1 is 1.35 bits per heavy atom. The lowest BCUT2D eigenvalue weighted by molar-refractivity contribution is 0.403. The summed E-state index contributed by atoms with van der Waals surface area (Å²) < 4.78 is 5.30. The van der Waals surface area contributed by atoms with Crippen molar-refractivity contribution in [2.24, 2.45) is 11.7 Å². The highest BCUT2D eigenvalue weighted by atomic mass is 16.5. The van der Waals surface area contributed by atoms with Crippen molar-refractivity contribution < 1.29 is 4.74 Å². The summed E-state index contributed by atoms with van der Waals surface area (Å²) in [5.41, 5.74) is 7.28. The van der Waals surface area contributed by atoms with Gasteiger partial charge >= 0.3 is 0 Å². The Morgan fingerprint density at radius 2 is 2.18 bits per heavy atom. The highest BCUT2D eigenvalue weighted by Gasteiger charge is 2.24. The fourth-order valence-corrected chi connectivity index (χ4v) is 2.70. The topological polar surface area (TPSA) is 47.3 Å². The van der Waals surface area contributed by atoms with Crippen LogP contribution in [0.25, 0.3) is 0 Å². The van der Waals surface area contributed by atoms with Crippen LogP contribution in [-0.2, 0) is 0 Å². The SMILES string of the molecule is COc1cccc(C2CCNCCC2CN)c1. The Hall–Kier alpha value is -1.06. The lowest BCUT2D eigenvalue weighted by atomic mass is 9.82. The van der Waals surface area contributed by atoms with Gasteiger partial charge in [0.25, 0.3) is 0 Å². The summed E-state index contributed by atoms with van der Waals surface area (Å²) in [5, 5.41) is 3.45. The molecule has 0 aliphatic carbocycles. The number of methoxy groups -OCH3 is 1. The number of nitrogens with one attached hydrogen (secondary N) is 1. The predicted octanol–water partition coefficient (Wildman–Crippen LogP) is 1.74. The molecule has 3 nitrogen and oxygen atoms in total. The number of ether oxygens (including phenoxy) is 1. The summed E-state index contributed by atoms with van der Waals surface area (Å²) in [6.45, 7) is 2.93. The molecule has 94 valence electrons. The van der Waals surface area contributed by atoms with Crippen molar-refractivity contribution in [2.45, 2.75) is 18.8 Å². The van der Waals surface area contributed by atoms with Gasteiger partial charge < -0.3 is 15.8 Å². The molecule has 1 aliphatic rings. The molecular formula is C14H22N2O. The van der Waals surface area contributed by atoms with E-state index >= 15 is 0 Å². The Balaban J connectivity index is 2.21. The van der Waals surface area contributed by atoms with Gasteiger partial charge in [0.1, 0.15) is 5.75 Å². The van der Waals surface area contributed by atoms with Crippen molar-refractivity contribution in [3.63, 3.8) is 0 Å². The normalized spacial score (nSPS) is 25.3. The molecule has 0 spiro atoms. The maximum absolute atomic E-state index is 5.91. The van der Waals surface area contributed by atoms with Crippen molar-refractivity contribution in [2.75, 3.05) is 26.7 Å². The molecule has 0 aromatic heterocycles. The van der Waals surface area contributed by atoms with Crippen LogP contribution in [0.1, 0.15) is 24.3 Å². The molecule has 2 rings (SSSR count). The maximum Gasteiger partial charge on any atom is 0.119 e. The van der Waals surface area contributed by atoms with Gasteiger partial charge in [-0.15, -0.1) is 0 Å². The molecule has 17 heavy (non-hydrogen) atoms. The van der Waals surface area contributed by atoms with Crippen LogP contribution >= 0.6 is 0 Å². The van der Waals surface area contributed by atoms with Gasteiger partial charge in [-0.2, -0.15) is 0 Å². The van der Waals surface area contributed by atoms with E-state index < -0.39 is 0 Å². The fourth-order valence-electron chi connectivity index (χ4n) is 2.70. The molecule has 0 saturated carbocycles. The molecule has 1 aliphatic heterocycles. The molecule has 0 bridgehead atoms. The van der Waals surface area contributed by atoms with Gasteiger partial charge in [-0.3, -0.25) is 0 Å². The summed E-state index contributed by atoms with van der Waals surface area (Å²) >= 11 is 0. The lowest BCUT2D eigenvalue weighted by Gasteiger charge is -2.24. The minimum absolute atomic E-state index is 0.560. The summed E-state index contributed by atoms with van der Waals surface area (Å²) in [6.07, 6.45) is 2.33. The molecule has 3 heteroatoms. The number of benzene rings is 1. The van der Waals surface area contributed by atoms with E-state index in [1.54, 1.807) is 7.11 Å². The maximum atomic E-state index is 5.91. The van der Waals surface area contributed by atoms with Gasteiger partial charge in [0, 0.05) is 0 Å². The summed E-state index contributed by atoms with van der Waals surface area (Å²) in [7, 11) is 1.72. The van der Waals surface area contributed by atoms with E-state index in [1.165, 1.54) is 12.0 Å². The second kappa shape index (κ2) is 6.03. The molecule has 2 unspecified atom stereocenters. The van der Waals surface area contributed by atoms with Gasteiger partial charge in [0.05, 0.1) is 7.11 Å². The largest absolute Gasteiger partial charge is 0.497 e. The third-order valence-electron chi connectivity index (χ3n) is 3.72. The summed E-state index contributed by atoms with van der Waals surface area (Å²) in [5.74, 6) is 2.08. The number of hydrogen-bond donors (Lipinski definition) is 2. The van der Waals surface area contributed by atoms with Gasteiger partial charge in [-0.1, -0.05) is 12.1 Å². The summed E-state index contributed by atoms with van der Waals surface area (Å²) in [4.78, 5) is 0. The third kappa shape index (κ3) is 2.99. The number of rotatable bonds is 3. The Labute approximate surface area is 103 Å². The van der Waals surface area contributed by atoms with E-state index in [4.69, 9.17) is 10.5 Å². The van der Waals surface area contributed by atoms with Crippen LogP contribution in [0.3, 0.4) is 0 Å². The highest BCUT2D eigenvalue weighted by Crippen LogP contribution is 2.32. The van der Waals surface area contributed by atoms with E-state index in [0.717, 1.165) is 31.8 Å². The van der Waals surface area contributed by atoms with Gasteiger partial charge in [0.15, 0.2) is 0 Å². The van der Waals surface area contributed by atoms with Crippen molar-refractivity contribution in [1.82, 2.24) is 5.32 Å². The monoisotopic (exact) mass is 234 g/mol. The molecule has 1 aromatic carbocycles. The highest BCUT2D eigenvalue weighted by molar-refractivity contribution is 5.31. The molecule has 0 amide bonds. The van der Waals surface area contributed by atoms with Crippen molar-refractivity contribution in [3.8, 4) is 5.75 Å². The van der Waals surface area contributed by atoms with Crippen molar-refractivity contribution in [3.05, 3.63) is 29.8 Å². The van der Waals surface area contributed by atoms with Crippen LogP contribution in [0, 0.1) is 5.92 Å². The zero-order valence-corrected chi connectivity index (χ0v) is 10.5. The van der Waals surface area contributed by atoms with Crippen LogP contribution in [0.5, 0.6) is 5.75 Å². The van der Waals surface area contributed by atoms with Crippen molar-refractivity contribution in [1.29, 1.82) is 0 Å². The first-order valence-electron chi connectivity index (χ1n) is 6.40. The second-order valence-corrected chi connectivity index (χ2v) is 4.71. The predicted molar refractivity (Wildman–Crippen MR) is 70.4 cm³/mol. The number of nitrogens with two attached hydrogens (primary N) is 1. The van der Waals surface area contributed by atoms with E-state index in [1.807, 2.05) is 6.07 Å². The van der Waals surface area contributed by atoms with Crippen LogP contribution in [-0.4, -0.2) is 26.7 Å². The van der Waals surface area contributed by atoms with Crippen LogP contribution < -0.4 is 15.8 Å². The van der Waals surface area contributed by atoms with E-state index in [0.29, 0.717) is 11.8 Å². The molecular weight excluding hydrogens is 212 g/mol. The summed E-state index contributed by atoms with van der Waals surface area (Å²) in [6, 6.07) is 8.41. The second-order valence-electron chi connectivity index (χ2n) is 4.71. The van der Waals surface area contributed by atoms with Crippen LogP contribution in [0.15, 0.2) is 24.3 Å². The molecule has 0 radical (unpaired) electrons. The lowest BCUT2D eigenvalue weighted by Crippen LogP contribution is -2.22. The minimum atomic E-state index is 0.560. The zero-order chi connectivity index (χ0) is 12.1. The van der Waals surface area contributed by atoms with Crippen molar-refractivity contribution >= 4 is 0 Å². The Bertz CT molecular complexity index is 354.